The predicted octanol–water partition coefficient (Wildman–Crippen LogP) is 7.13. The van der Waals surface area contributed by atoms with Crippen molar-refractivity contribution in [2.24, 2.45) is 0 Å². The van der Waals surface area contributed by atoms with Crippen LogP contribution in [0.5, 0.6) is 23.0 Å². The first-order valence-electron chi connectivity index (χ1n) is 15.5. The van der Waals surface area contributed by atoms with Gasteiger partial charge in [0, 0.05) is 40.5 Å². The van der Waals surface area contributed by atoms with Gasteiger partial charge in [0.25, 0.3) is 0 Å². The van der Waals surface area contributed by atoms with Crippen LogP contribution in [0.25, 0.3) is 12.2 Å². The molecule has 0 fully saturated rings. The van der Waals surface area contributed by atoms with Crippen molar-refractivity contribution in [2.75, 3.05) is 14.2 Å². The topological polar surface area (TPSA) is 142 Å². The van der Waals surface area contributed by atoms with E-state index in [0.29, 0.717) is 22.3 Å². The molecule has 4 aromatic carbocycles. The largest absolute Gasteiger partial charge is 0.508 e. The third-order valence-electron chi connectivity index (χ3n) is 7.84. The SMILES string of the molecule is COc1cc(/C=C/C(=O)/C=C(O)/C=C/c2ccc(OC3=CC(=O)c4ccccc4C3=O)c(OC)c2)ccc1OC1=CC(=O)c2ccccc2C1=O. The van der Waals surface area contributed by atoms with Gasteiger partial charge in [-0.3, -0.25) is 24.0 Å². The van der Waals surface area contributed by atoms with Crippen molar-refractivity contribution in [3.63, 3.8) is 0 Å². The van der Waals surface area contributed by atoms with Gasteiger partial charge in [0.15, 0.2) is 51.9 Å². The Bertz CT molecular complexity index is 2280. The summed E-state index contributed by atoms with van der Waals surface area (Å²) in [6.45, 7) is 0. The summed E-state index contributed by atoms with van der Waals surface area (Å²) in [5, 5.41) is 10.4. The van der Waals surface area contributed by atoms with Crippen molar-refractivity contribution >= 4 is 41.1 Å². The lowest BCUT2D eigenvalue weighted by molar-refractivity contribution is -0.110. The standard InChI is InChI=1S/C41H28O10/c1-48-36-19-24(13-17-34(36)50-38-22-32(44)28-7-3-5-9-30(28)40(38)46)11-15-26(42)21-27(43)16-12-25-14-18-35(37(20-25)49-2)51-39-23-33(45)29-8-4-6-10-31(29)41(39)47/h3-23,42H,1-2H3/b15-11+,16-12+,26-21-. The number of allylic oxidation sites excluding steroid dienone is 7. The summed E-state index contributed by atoms with van der Waals surface area (Å²) < 4.78 is 22.4. The van der Waals surface area contributed by atoms with E-state index in [0.717, 1.165) is 18.2 Å². The molecule has 0 amide bonds. The number of aliphatic hydroxyl groups excluding tert-OH is 1. The molecule has 51 heavy (non-hydrogen) atoms. The first-order valence-corrected chi connectivity index (χ1v) is 15.5. The second-order valence-corrected chi connectivity index (χ2v) is 11.2. The van der Waals surface area contributed by atoms with Crippen molar-refractivity contribution in [1.82, 2.24) is 0 Å². The van der Waals surface area contributed by atoms with Crippen LogP contribution in [0.3, 0.4) is 0 Å². The van der Waals surface area contributed by atoms with Gasteiger partial charge in [-0.05, 0) is 47.5 Å². The molecule has 0 unspecified atom stereocenters. The molecule has 10 heteroatoms. The van der Waals surface area contributed by atoms with Gasteiger partial charge >= 0.3 is 0 Å². The molecule has 6 rings (SSSR count). The number of benzene rings is 4. The number of hydrogen-bond acceptors (Lipinski definition) is 10. The number of fused-ring (bicyclic) bond motifs is 2. The molecule has 0 heterocycles. The zero-order chi connectivity index (χ0) is 36.1. The summed E-state index contributed by atoms with van der Waals surface area (Å²) in [6, 6.07) is 22.6. The van der Waals surface area contributed by atoms with Crippen LogP contribution in [0.4, 0.5) is 0 Å². The summed E-state index contributed by atoms with van der Waals surface area (Å²) >= 11 is 0. The van der Waals surface area contributed by atoms with Crippen molar-refractivity contribution in [1.29, 1.82) is 0 Å². The fourth-order valence-electron chi connectivity index (χ4n) is 5.32. The van der Waals surface area contributed by atoms with E-state index in [9.17, 15) is 29.1 Å². The van der Waals surface area contributed by atoms with Crippen LogP contribution in [0, 0.1) is 0 Å². The molecular weight excluding hydrogens is 652 g/mol. The zero-order valence-electron chi connectivity index (χ0n) is 27.2. The molecule has 1 N–H and O–H groups in total. The predicted molar refractivity (Wildman–Crippen MR) is 187 cm³/mol. The number of carbonyl (C=O) groups excluding carboxylic acids is 5. The van der Waals surface area contributed by atoms with Crippen LogP contribution < -0.4 is 18.9 Å². The number of rotatable bonds is 11. The monoisotopic (exact) mass is 680 g/mol. The van der Waals surface area contributed by atoms with E-state index in [2.05, 4.69) is 0 Å². The Balaban J connectivity index is 1.09. The molecule has 0 bridgehead atoms. The Hall–Kier alpha value is -7.07. The highest BCUT2D eigenvalue weighted by molar-refractivity contribution is 6.24. The first kappa shape index (κ1) is 33.8. The van der Waals surface area contributed by atoms with Gasteiger partial charge in [-0.15, -0.1) is 0 Å². The Morgan fingerprint density at radius 2 is 1.00 bits per heavy atom. The minimum Gasteiger partial charge on any atom is -0.508 e. The Kier molecular flexibility index (Phi) is 9.67. The third-order valence-corrected chi connectivity index (χ3v) is 7.84. The molecule has 4 aromatic rings. The highest BCUT2D eigenvalue weighted by atomic mass is 16.5. The highest BCUT2D eigenvalue weighted by Gasteiger charge is 2.29. The second kappa shape index (κ2) is 14.6. The summed E-state index contributed by atoms with van der Waals surface area (Å²) in [7, 11) is 2.83. The van der Waals surface area contributed by atoms with Gasteiger partial charge in [-0.1, -0.05) is 72.8 Å². The van der Waals surface area contributed by atoms with Gasteiger partial charge < -0.3 is 24.1 Å². The third kappa shape index (κ3) is 7.35. The minimum absolute atomic E-state index is 0.132. The number of ether oxygens (including phenoxy) is 4. The Morgan fingerprint density at radius 3 is 1.45 bits per heavy atom. The van der Waals surface area contributed by atoms with E-state index in [-0.39, 0.29) is 63.0 Å². The van der Waals surface area contributed by atoms with Crippen LogP contribution in [0.2, 0.25) is 0 Å². The van der Waals surface area contributed by atoms with Crippen LogP contribution in [0.1, 0.15) is 52.6 Å². The lowest BCUT2D eigenvalue weighted by Gasteiger charge is -2.17. The summed E-state index contributed by atoms with van der Waals surface area (Å²) in [5.41, 5.74) is 2.27. The summed E-state index contributed by atoms with van der Waals surface area (Å²) in [5.74, 6) is -1.69. The average molecular weight is 681 g/mol. The zero-order valence-corrected chi connectivity index (χ0v) is 27.2. The fourth-order valence-corrected chi connectivity index (χ4v) is 5.32. The summed E-state index contributed by atoms with van der Waals surface area (Å²) in [6.07, 6.45) is 8.95. The van der Waals surface area contributed by atoms with Crippen LogP contribution >= 0.6 is 0 Å². The van der Waals surface area contributed by atoms with Gasteiger partial charge in [0.2, 0.25) is 11.6 Å². The molecule has 0 aliphatic heterocycles. The molecule has 0 aromatic heterocycles. The Labute approximate surface area is 291 Å². The molecule has 252 valence electrons. The molecule has 0 radical (unpaired) electrons. The number of carbonyl (C=O) groups is 5. The summed E-state index contributed by atoms with van der Waals surface area (Å²) in [4.78, 5) is 63.3. The lowest BCUT2D eigenvalue weighted by Crippen LogP contribution is -2.20. The van der Waals surface area contributed by atoms with Crippen molar-refractivity contribution in [3.05, 3.63) is 166 Å². The average Bonchev–Trinajstić information content (AvgIpc) is 3.14. The molecular formula is C41H28O10. The van der Waals surface area contributed by atoms with Gasteiger partial charge in [0.05, 0.1) is 14.2 Å². The fraction of sp³-hybridized carbons (Fsp3) is 0.0488. The van der Waals surface area contributed by atoms with E-state index in [1.807, 2.05) is 0 Å². The number of ketones is 5. The molecule has 0 saturated heterocycles. The normalized spacial score (nSPS) is 14.2. The molecule has 0 spiro atoms. The smallest absolute Gasteiger partial charge is 0.229 e. The molecule has 0 atom stereocenters. The number of Topliss-reactive ketones (excluding diaryl/α,β-unsaturated/α-hetero) is 2. The van der Waals surface area contributed by atoms with E-state index < -0.39 is 17.3 Å². The quantitative estimate of drug-likeness (QED) is 0.0988. The minimum atomic E-state index is -0.505. The Morgan fingerprint density at radius 1 is 0.569 bits per heavy atom. The highest BCUT2D eigenvalue weighted by Crippen LogP contribution is 2.34. The second-order valence-electron chi connectivity index (χ2n) is 11.2. The van der Waals surface area contributed by atoms with E-state index >= 15 is 0 Å². The lowest BCUT2D eigenvalue weighted by atomic mass is 9.94. The van der Waals surface area contributed by atoms with Crippen LogP contribution in [0.15, 0.2) is 133 Å². The van der Waals surface area contributed by atoms with Crippen molar-refractivity contribution < 1.29 is 48.0 Å². The van der Waals surface area contributed by atoms with Gasteiger partial charge in [-0.25, -0.2) is 0 Å². The maximum atomic E-state index is 12.9. The van der Waals surface area contributed by atoms with E-state index in [4.69, 9.17) is 18.9 Å². The number of aliphatic hydroxyl groups is 1. The van der Waals surface area contributed by atoms with Crippen LogP contribution in [-0.2, 0) is 4.79 Å². The van der Waals surface area contributed by atoms with Gasteiger partial charge in [-0.2, -0.15) is 0 Å². The van der Waals surface area contributed by atoms with Crippen LogP contribution in [-0.4, -0.2) is 48.2 Å². The maximum absolute atomic E-state index is 12.9. The molecule has 2 aliphatic carbocycles. The number of methoxy groups -OCH3 is 2. The van der Waals surface area contributed by atoms with E-state index in [1.54, 1.807) is 91.0 Å². The molecule has 10 nitrogen and oxygen atoms in total. The van der Waals surface area contributed by atoms with Crippen molar-refractivity contribution in [2.45, 2.75) is 0 Å². The molecule has 0 saturated carbocycles. The van der Waals surface area contributed by atoms with Gasteiger partial charge in [0.1, 0.15) is 5.76 Å². The number of hydrogen-bond donors (Lipinski definition) is 1. The maximum Gasteiger partial charge on any atom is 0.229 e. The molecule has 2 aliphatic rings. The van der Waals surface area contributed by atoms with E-state index in [1.165, 1.54) is 32.4 Å². The first-order chi connectivity index (χ1) is 24.6. The van der Waals surface area contributed by atoms with Crippen molar-refractivity contribution in [3.8, 4) is 23.0 Å².